The molecule has 0 fully saturated rings. The predicted octanol–water partition coefficient (Wildman–Crippen LogP) is 32.7. The van der Waals surface area contributed by atoms with Crippen LogP contribution in [0.5, 0.6) is 11.5 Å². The molecule has 0 bridgehead atoms. The van der Waals surface area contributed by atoms with E-state index in [9.17, 15) is 0 Å². The molecule has 0 atom stereocenters. The molecule has 11 heterocycles. The first-order valence-electron chi connectivity index (χ1n) is 49.4. The predicted molar refractivity (Wildman–Crippen MR) is 584 cm³/mol. The summed E-state index contributed by atoms with van der Waals surface area (Å²) < 4.78 is 6.26. The minimum atomic E-state index is -0.632. The van der Waals surface area contributed by atoms with Crippen LogP contribution in [0.25, 0.3) is 44.5 Å². The van der Waals surface area contributed by atoms with Crippen molar-refractivity contribution in [3.05, 3.63) is 589 Å². The zero-order valence-electron chi connectivity index (χ0n) is 79.3. The SMILES string of the molecule is CC1(C)c2ccccc2N(c2ccc(N3c4ccccc4C4(c5ccccc53)c3ncccc3-c3cccnc34)cc2)c2ccccc21.c1ccc(-c2ccc(N(c3ccccc3)c3ccc(N4c5ccccc5C5(c6ccccc64)c4ncccc4-c4cccnc45)cc3)cc2)cc1.c1ccc2c(c1)Oc1ccccc1N2c1ccc(N2c3ccccc3C3(c4ccccc42)c2ncccc2-c2cccnc23)cc1. The number of benzene rings is 16. The van der Waals surface area contributed by atoms with Gasteiger partial charge in [0.15, 0.2) is 11.5 Å². The number of hydrogen-bond acceptors (Lipinski definition) is 13. The van der Waals surface area contributed by atoms with E-state index in [0.29, 0.717) is 0 Å². The molecule has 16 aromatic carbocycles. The van der Waals surface area contributed by atoms with Crippen molar-refractivity contribution in [1.29, 1.82) is 0 Å². The molecule has 0 saturated carbocycles. The second-order valence-corrected chi connectivity index (χ2v) is 38.3. The molecule has 8 aliphatic rings. The average molecular weight is 1860 g/mol. The number of ether oxygens (including phenoxy) is 1. The summed E-state index contributed by atoms with van der Waals surface area (Å²) in [6.45, 7) is 4.66. The molecule has 5 aliphatic heterocycles. The number of para-hydroxylation sites is 13. The molecule has 684 valence electrons. The van der Waals surface area contributed by atoms with Crippen molar-refractivity contribution in [2.75, 3.05) is 29.4 Å². The molecule has 145 heavy (non-hydrogen) atoms. The highest BCUT2D eigenvalue weighted by atomic mass is 16.5. The Kier molecular flexibility index (Phi) is 19.4. The van der Waals surface area contributed by atoms with Crippen molar-refractivity contribution in [3.8, 4) is 56.0 Å². The van der Waals surface area contributed by atoms with E-state index in [1.54, 1.807) is 0 Å². The highest BCUT2D eigenvalue weighted by molar-refractivity contribution is 6.01. The van der Waals surface area contributed by atoms with Gasteiger partial charge in [0.05, 0.1) is 91.0 Å². The molecule has 30 rings (SSSR count). The number of pyridine rings is 6. The van der Waals surface area contributed by atoms with Gasteiger partial charge in [-0.05, 0) is 262 Å². The summed E-state index contributed by atoms with van der Waals surface area (Å²) in [6, 6.07) is 169. The topological polar surface area (TPSA) is 106 Å². The van der Waals surface area contributed by atoms with Gasteiger partial charge in [-0.25, -0.2) is 0 Å². The first-order chi connectivity index (χ1) is 71.8. The molecule has 13 nitrogen and oxygen atoms in total. The monoisotopic (exact) mass is 1860 g/mol. The lowest BCUT2D eigenvalue weighted by atomic mass is 9.68. The quantitative estimate of drug-likeness (QED) is 0.137. The van der Waals surface area contributed by atoms with Crippen molar-refractivity contribution in [2.24, 2.45) is 0 Å². The van der Waals surface area contributed by atoms with Gasteiger partial charge in [-0.2, -0.15) is 0 Å². The van der Waals surface area contributed by atoms with Gasteiger partial charge in [0.1, 0.15) is 16.2 Å². The zero-order valence-corrected chi connectivity index (χ0v) is 79.3. The Morgan fingerprint density at radius 2 is 0.379 bits per heavy atom. The third kappa shape index (κ3) is 12.5. The van der Waals surface area contributed by atoms with E-state index in [-0.39, 0.29) is 5.41 Å². The van der Waals surface area contributed by atoms with Crippen molar-refractivity contribution in [1.82, 2.24) is 29.9 Å². The summed E-state index contributed by atoms with van der Waals surface area (Å²) >= 11 is 0. The Morgan fingerprint density at radius 3 is 0.662 bits per heavy atom. The molecule has 13 heteroatoms. The molecule has 0 unspecified atom stereocenters. The van der Waals surface area contributed by atoms with Crippen LogP contribution in [0.4, 0.5) is 102 Å². The van der Waals surface area contributed by atoms with E-state index in [2.05, 4.69) is 456 Å². The van der Waals surface area contributed by atoms with Crippen LogP contribution in [0.15, 0.2) is 510 Å². The van der Waals surface area contributed by atoms with Gasteiger partial charge in [-0.3, -0.25) is 29.9 Å². The third-order valence-electron chi connectivity index (χ3n) is 30.6. The highest BCUT2D eigenvalue weighted by Crippen LogP contribution is 2.68. The third-order valence-corrected chi connectivity index (χ3v) is 30.6. The number of aromatic nitrogens is 6. The lowest BCUT2D eigenvalue weighted by Crippen LogP contribution is -2.37. The molecule has 22 aromatic rings. The van der Waals surface area contributed by atoms with Crippen molar-refractivity contribution in [3.63, 3.8) is 0 Å². The maximum Gasteiger partial charge on any atom is 0.151 e. The smallest absolute Gasteiger partial charge is 0.151 e. The lowest BCUT2D eigenvalue weighted by Gasteiger charge is -2.44. The summed E-state index contributed by atoms with van der Waals surface area (Å²) in [5.41, 5.74) is 43.2. The molecular weight excluding hydrogens is 1770 g/mol. The minimum absolute atomic E-state index is 0.0952. The van der Waals surface area contributed by atoms with E-state index in [4.69, 9.17) is 34.6 Å². The largest absolute Gasteiger partial charge is 0.453 e. The Morgan fingerprint density at radius 1 is 0.179 bits per heavy atom. The fraction of sp³-hybridized carbons (Fsp3) is 0.0455. The molecule has 0 radical (unpaired) electrons. The normalized spacial score (nSPS) is 14.3. The number of nitrogens with zero attached hydrogens (tertiary/aromatic N) is 12. The zero-order chi connectivity index (χ0) is 96.1. The van der Waals surface area contributed by atoms with Gasteiger partial charge in [-0.1, -0.05) is 281 Å². The Hall–Kier alpha value is -19.0. The van der Waals surface area contributed by atoms with Gasteiger partial charge in [-0.15, -0.1) is 0 Å². The van der Waals surface area contributed by atoms with E-state index in [1.807, 2.05) is 97.8 Å². The molecule has 6 aromatic heterocycles. The van der Waals surface area contributed by atoms with Gasteiger partial charge in [0.2, 0.25) is 0 Å². The van der Waals surface area contributed by atoms with Crippen LogP contribution in [-0.2, 0) is 21.7 Å². The Labute approximate surface area is 841 Å². The molecule has 0 amide bonds. The first kappa shape index (κ1) is 84.1. The number of rotatable bonds is 9. The molecular formula is C132H90N12O. The number of anilines is 18. The van der Waals surface area contributed by atoms with Gasteiger partial charge in [0, 0.05) is 121 Å². The lowest BCUT2D eigenvalue weighted by molar-refractivity contribution is 0.477. The summed E-state index contributed by atoms with van der Waals surface area (Å²) in [5, 5.41) is 0. The molecule has 0 N–H and O–H groups in total. The van der Waals surface area contributed by atoms with E-state index in [0.717, 1.165) is 170 Å². The Balaban J connectivity index is 0.000000106. The second-order valence-electron chi connectivity index (χ2n) is 38.3. The Bertz CT molecular complexity index is 8520. The molecule has 3 aliphatic carbocycles. The van der Waals surface area contributed by atoms with Crippen molar-refractivity contribution in [2.45, 2.75) is 35.5 Å². The molecule has 3 spiro atoms. The number of fused-ring (bicyclic) bond motifs is 31. The average Bonchev–Trinajstić information content (AvgIpc) is 1.53. The van der Waals surface area contributed by atoms with Crippen LogP contribution in [0.2, 0.25) is 0 Å². The maximum atomic E-state index is 6.26. The fourth-order valence-corrected chi connectivity index (χ4v) is 24.6. The first-order valence-corrected chi connectivity index (χ1v) is 49.4. The molecule has 0 saturated heterocycles. The summed E-state index contributed by atoms with van der Waals surface area (Å²) in [4.78, 5) is 44.7. The van der Waals surface area contributed by atoms with E-state index >= 15 is 0 Å². The van der Waals surface area contributed by atoms with Crippen molar-refractivity contribution >= 4 is 102 Å². The van der Waals surface area contributed by atoms with Crippen molar-refractivity contribution < 1.29 is 4.74 Å². The van der Waals surface area contributed by atoms with Crippen LogP contribution >= 0.6 is 0 Å². The van der Waals surface area contributed by atoms with Gasteiger partial charge in [0.25, 0.3) is 0 Å². The summed E-state index contributed by atoms with van der Waals surface area (Å²) in [5.74, 6) is 1.68. The summed E-state index contributed by atoms with van der Waals surface area (Å²) in [6.07, 6.45) is 11.5. The van der Waals surface area contributed by atoms with Crippen LogP contribution < -0.4 is 34.1 Å². The minimum Gasteiger partial charge on any atom is -0.453 e. The second kappa shape index (κ2) is 33.4. The van der Waals surface area contributed by atoms with E-state index < -0.39 is 16.2 Å². The maximum absolute atomic E-state index is 6.26. The van der Waals surface area contributed by atoms with Crippen LogP contribution in [0.3, 0.4) is 0 Å². The fourth-order valence-electron chi connectivity index (χ4n) is 24.6. The van der Waals surface area contributed by atoms with Crippen LogP contribution in [0.1, 0.15) is 92.5 Å². The highest BCUT2D eigenvalue weighted by Gasteiger charge is 2.58. The van der Waals surface area contributed by atoms with Crippen LogP contribution in [0, 0.1) is 0 Å². The van der Waals surface area contributed by atoms with Crippen LogP contribution in [-0.4, -0.2) is 29.9 Å². The standard InChI is InChI=1S/C47H32N4.C44H32N4.C41H26N4O/c1-3-13-33(14-4-1)34-23-25-36(26-24-34)50(35-15-5-2-6-16-35)37-27-29-38(30-28-37)51-43-21-9-7-19-41(43)47(42-20-8-10-22-44(42)51)45-39(17-11-31-48-45)40-18-12-32-49-46(40)47;1-43(2)33-15-3-7-19-37(33)47(38-20-8-4-16-34(38)43)29-23-25-30(26-24-29)48-39-21-9-5-17-35(39)44(36-18-6-10-22-40(36)48)41-31(13-11-27-45-41)32-14-12-28-46-42(32)44;1-3-15-33-31(13-1)41(39-29(11-9-25-42-39)30-12-10-26-43-40(30)41)32-14-2-4-16-34(32)44(33)27-21-23-28(24-22-27)45-35-17-5-7-19-37(35)46-38-20-8-6-18-36(38)45/h1-32H;3-28H,1-2H3;1-26H. The van der Waals surface area contributed by atoms with E-state index in [1.165, 1.54) is 67.0 Å². The van der Waals surface area contributed by atoms with Gasteiger partial charge >= 0.3 is 0 Å². The number of hydrogen-bond donors (Lipinski definition) is 0. The summed E-state index contributed by atoms with van der Waals surface area (Å²) in [7, 11) is 0. The van der Waals surface area contributed by atoms with Gasteiger partial charge < -0.3 is 34.1 Å².